The minimum atomic E-state index is -4.70. The summed E-state index contributed by atoms with van der Waals surface area (Å²) in [6.07, 6.45) is -3.86. The van der Waals surface area contributed by atoms with Gasteiger partial charge in [-0.2, -0.15) is 13.2 Å². The molecule has 2 aromatic carbocycles. The lowest BCUT2D eigenvalue weighted by Crippen LogP contribution is -2.33. The zero-order valence-corrected chi connectivity index (χ0v) is 19.6. The number of hydrogen-bond acceptors (Lipinski definition) is 5. The van der Waals surface area contributed by atoms with Gasteiger partial charge in [0.2, 0.25) is 5.91 Å². The predicted molar refractivity (Wildman–Crippen MR) is 115 cm³/mol. The van der Waals surface area contributed by atoms with E-state index >= 15 is 0 Å². The Morgan fingerprint density at radius 3 is 2.12 bits per heavy atom. The van der Waals surface area contributed by atoms with Crippen LogP contribution in [0.4, 0.5) is 18.9 Å². The van der Waals surface area contributed by atoms with E-state index < -0.39 is 47.0 Å². The molecule has 0 radical (unpaired) electrons. The van der Waals surface area contributed by atoms with Crippen LogP contribution in [0.15, 0.2) is 52.3 Å². The molecule has 2 aromatic rings. The standard InChI is InChI=1S/C21H24F3NO5S2/c1-14(26)25-18-9-6-10-19(31(4,27)28)17(18)11-12-20(2,3)32(29,30)16-8-5-7-15(13-16)21(22,23)24/h5-10,13H,11-12H2,1-4H3,(H,25,26). The van der Waals surface area contributed by atoms with Gasteiger partial charge < -0.3 is 5.32 Å². The number of amides is 1. The number of carbonyl (C=O) groups excluding carboxylic acids is 1. The highest BCUT2D eigenvalue weighted by molar-refractivity contribution is 7.92. The highest BCUT2D eigenvalue weighted by Crippen LogP contribution is 2.36. The summed E-state index contributed by atoms with van der Waals surface area (Å²) in [7, 11) is -7.91. The Kier molecular flexibility index (Phi) is 7.16. The lowest BCUT2D eigenvalue weighted by Gasteiger charge is -2.26. The Hall–Kier alpha value is -2.40. The monoisotopic (exact) mass is 491 g/mol. The predicted octanol–water partition coefficient (Wildman–Crippen LogP) is 4.25. The van der Waals surface area contributed by atoms with E-state index in [1.165, 1.54) is 39.0 Å². The molecule has 0 spiro atoms. The molecule has 0 aliphatic rings. The summed E-state index contributed by atoms with van der Waals surface area (Å²) in [4.78, 5) is 11.0. The van der Waals surface area contributed by atoms with Crippen LogP contribution in [0.1, 0.15) is 38.3 Å². The van der Waals surface area contributed by atoms with Gasteiger partial charge in [-0.3, -0.25) is 4.79 Å². The zero-order valence-electron chi connectivity index (χ0n) is 17.9. The maximum Gasteiger partial charge on any atom is 0.416 e. The molecule has 0 heterocycles. The Labute approximate surface area is 185 Å². The van der Waals surface area contributed by atoms with Gasteiger partial charge in [0.05, 0.1) is 20.1 Å². The second kappa shape index (κ2) is 8.86. The van der Waals surface area contributed by atoms with Gasteiger partial charge in [-0.1, -0.05) is 12.1 Å². The van der Waals surface area contributed by atoms with E-state index in [1.54, 1.807) is 0 Å². The van der Waals surface area contributed by atoms with E-state index in [-0.39, 0.29) is 29.0 Å². The number of carbonyl (C=O) groups is 1. The molecule has 0 aromatic heterocycles. The van der Waals surface area contributed by atoms with Gasteiger partial charge in [0, 0.05) is 18.9 Å². The van der Waals surface area contributed by atoms with E-state index in [0.29, 0.717) is 6.07 Å². The van der Waals surface area contributed by atoms with E-state index in [4.69, 9.17) is 0 Å². The average Bonchev–Trinajstić information content (AvgIpc) is 2.65. The molecule has 0 aliphatic heterocycles. The smallest absolute Gasteiger partial charge is 0.326 e. The van der Waals surface area contributed by atoms with Gasteiger partial charge in [-0.05, 0) is 62.6 Å². The Morgan fingerprint density at radius 2 is 1.59 bits per heavy atom. The van der Waals surface area contributed by atoms with Crippen molar-refractivity contribution in [2.24, 2.45) is 0 Å². The second-order valence-corrected chi connectivity index (χ2v) is 12.6. The van der Waals surface area contributed by atoms with E-state index in [2.05, 4.69) is 5.32 Å². The van der Waals surface area contributed by atoms with Crippen LogP contribution >= 0.6 is 0 Å². The Morgan fingerprint density at radius 1 is 1.00 bits per heavy atom. The number of alkyl halides is 3. The fourth-order valence-electron chi connectivity index (χ4n) is 3.20. The molecule has 0 atom stereocenters. The first kappa shape index (κ1) is 25.9. The third kappa shape index (κ3) is 5.69. The minimum absolute atomic E-state index is 0.0515. The van der Waals surface area contributed by atoms with Crippen molar-refractivity contribution in [3.05, 3.63) is 53.6 Å². The quantitative estimate of drug-likeness (QED) is 0.625. The molecule has 1 amide bonds. The molecule has 11 heteroatoms. The fraction of sp³-hybridized carbons (Fsp3) is 0.381. The average molecular weight is 492 g/mol. The van der Waals surface area contributed by atoms with Crippen molar-refractivity contribution in [1.29, 1.82) is 0 Å². The number of halogens is 3. The zero-order chi connectivity index (χ0) is 24.5. The van der Waals surface area contributed by atoms with Crippen molar-refractivity contribution in [2.45, 2.75) is 54.3 Å². The first-order valence-electron chi connectivity index (χ1n) is 9.48. The van der Waals surface area contributed by atoms with Gasteiger partial charge in [-0.15, -0.1) is 0 Å². The van der Waals surface area contributed by atoms with Crippen molar-refractivity contribution in [1.82, 2.24) is 0 Å². The minimum Gasteiger partial charge on any atom is -0.326 e. The number of sulfone groups is 2. The Bertz CT molecular complexity index is 1230. The fourth-order valence-corrected chi connectivity index (χ4v) is 5.73. The van der Waals surface area contributed by atoms with Gasteiger partial charge in [0.15, 0.2) is 19.7 Å². The second-order valence-electron chi connectivity index (χ2n) is 8.02. The Balaban J connectivity index is 2.47. The summed E-state index contributed by atoms with van der Waals surface area (Å²) in [5.74, 6) is -0.437. The van der Waals surface area contributed by atoms with E-state index in [9.17, 15) is 34.8 Å². The summed E-state index contributed by atoms with van der Waals surface area (Å²) >= 11 is 0. The van der Waals surface area contributed by atoms with Crippen LogP contribution in [-0.4, -0.2) is 33.7 Å². The third-order valence-corrected chi connectivity index (χ3v) is 8.73. The molecule has 0 saturated heterocycles. The molecule has 176 valence electrons. The lowest BCUT2D eigenvalue weighted by molar-refractivity contribution is -0.137. The number of nitrogens with one attached hydrogen (secondary N) is 1. The molecule has 32 heavy (non-hydrogen) atoms. The molecule has 0 aliphatic carbocycles. The molecule has 0 fully saturated rings. The molecular weight excluding hydrogens is 467 g/mol. The molecule has 0 bridgehead atoms. The van der Waals surface area contributed by atoms with Crippen LogP contribution in [0, 0.1) is 0 Å². The van der Waals surface area contributed by atoms with Gasteiger partial charge in [0.1, 0.15) is 0 Å². The summed E-state index contributed by atoms with van der Waals surface area (Å²) < 4.78 is 88.3. The van der Waals surface area contributed by atoms with Crippen molar-refractivity contribution in [3.8, 4) is 0 Å². The van der Waals surface area contributed by atoms with Crippen molar-refractivity contribution in [3.63, 3.8) is 0 Å². The number of rotatable bonds is 7. The number of hydrogen-bond donors (Lipinski definition) is 1. The lowest BCUT2D eigenvalue weighted by atomic mass is 10.0. The van der Waals surface area contributed by atoms with Crippen LogP contribution in [0.3, 0.4) is 0 Å². The highest BCUT2D eigenvalue weighted by Gasteiger charge is 2.38. The highest BCUT2D eigenvalue weighted by atomic mass is 32.2. The largest absolute Gasteiger partial charge is 0.416 e. The molecule has 0 unspecified atom stereocenters. The van der Waals surface area contributed by atoms with Crippen molar-refractivity contribution < 1.29 is 34.8 Å². The number of anilines is 1. The summed E-state index contributed by atoms with van der Waals surface area (Å²) in [5.41, 5.74) is -0.616. The van der Waals surface area contributed by atoms with Crippen molar-refractivity contribution in [2.75, 3.05) is 11.6 Å². The van der Waals surface area contributed by atoms with Gasteiger partial charge in [0.25, 0.3) is 0 Å². The number of benzene rings is 2. The molecule has 1 N–H and O–H groups in total. The van der Waals surface area contributed by atoms with Crippen LogP contribution in [0.5, 0.6) is 0 Å². The van der Waals surface area contributed by atoms with Gasteiger partial charge >= 0.3 is 6.18 Å². The van der Waals surface area contributed by atoms with Crippen LogP contribution in [0.2, 0.25) is 0 Å². The van der Waals surface area contributed by atoms with Crippen LogP contribution in [-0.2, 0) is 37.1 Å². The van der Waals surface area contributed by atoms with E-state index in [1.807, 2.05) is 0 Å². The third-order valence-electron chi connectivity index (χ3n) is 5.02. The maximum atomic E-state index is 13.1. The SMILES string of the molecule is CC(=O)Nc1cccc(S(C)(=O)=O)c1CCC(C)(C)S(=O)(=O)c1cccc(C(F)(F)F)c1. The normalized spacial score (nSPS) is 13.1. The first-order valence-corrected chi connectivity index (χ1v) is 12.9. The maximum absolute atomic E-state index is 13.1. The van der Waals surface area contributed by atoms with Crippen molar-refractivity contribution >= 4 is 31.3 Å². The molecular formula is C21H24F3NO5S2. The molecule has 6 nitrogen and oxygen atoms in total. The summed E-state index contributed by atoms with van der Waals surface area (Å²) in [6, 6.07) is 7.80. The summed E-state index contributed by atoms with van der Waals surface area (Å²) in [6.45, 7) is 3.98. The molecule has 0 saturated carbocycles. The molecule has 2 rings (SSSR count). The van der Waals surface area contributed by atoms with E-state index in [0.717, 1.165) is 24.5 Å². The first-order chi connectivity index (χ1) is 14.5. The summed E-state index contributed by atoms with van der Waals surface area (Å²) in [5, 5.41) is 2.54. The topological polar surface area (TPSA) is 97.4 Å². The van der Waals surface area contributed by atoms with Crippen LogP contribution < -0.4 is 5.32 Å². The van der Waals surface area contributed by atoms with Gasteiger partial charge in [-0.25, -0.2) is 16.8 Å². The van der Waals surface area contributed by atoms with Crippen LogP contribution in [0.25, 0.3) is 0 Å².